The molecule has 0 unspecified atom stereocenters. The number of carbonyl (C=O) groups excluding carboxylic acids is 2. The highest BCUT2D eigenvalue weighted by Gasteiger charge is 2.01. The first-order valence-corrected chi connectivity index (χ1v) is 5.18. The molecule has 2 nitrogen and oxygen atoms in total. The van der Waals surface area contributed by atoms with Gasteiger partial charge >= 0.3 is 0 Å². The zero-order valence-corrected chi connectivity index (χ0v) is 9.07. The van der Waals surface area contributed by atoms with Gasteiger partial charge in [0, 0.05) is 12.0 Å². The molecule has 0 amide bonds. The van der Waals surface area contributed by atoms with Crippen LogP contribution in [-0.2, 0) is 11.2 Å². The minimum absolute atomic E-state index is 0.0580. The number of carbonyl (C=O) groups is 2. The van der Waals surface area contributed by atoms with Crippen LogP contribution in [0.1, 0.15) is 22.8 Å². The van der Waals surface area contributed by atoms with Crippen molar-refractivity contribution in [1.29, 1.82) is 0 Å². The second-order valence-electron chi connectivity index (χ2n) is 3.82. The maximum absolute atomic E-state index is 11.2. The van der Waals surface area contributed by atoms with Crippen molar-refractivity contribution in [3.05, 3.63) is 47.5 Å². The molecule has 80 valence electrons. The van der Waals surface area contributed by atoms with E-state index in [2.05, 4.69) is 0 Å². The Morgan fingerprint density at radius 1 is 1.12 bits per heavy atom. The molecular formula is C14H12O2. The fraction of sp³-hybridized carbons (Fsp3) is 0.143. The second kappa shape index (κ2) is 4.27. The van der Waals surface area contributed by atoms with Crippen LogP contribution < -0.4 is 0 Å². The van der Waals surface area contributed by atoms with Crippen LogP contribution >= 0.6 is 0 Å². The maximum atomic E-state index is 11.2. The molecule has 0 spiro atoms. The molecule has 2 aromatic rings. The zero-order valence-electron chi connectivity index (χ0n) is 9.07. The Morgan fingerprint density at radius 2 is 1.88 bits per heavy atom. The van der Waals surface area contributed by atoms with Crippen LogP contribution in [0.3, 0.4) is 0 Å². The number of ketones is 1. The van der Waals surface area contributed by atoms with E-state index in [-0.39, 0.29) is 5.78 Å². The lowest BCUT2D eigenvalue weighted by atomic mass is 10.0. The molecule has 16 heavy (non-hydrogen) atoms. The van der Waals surface area contributed by atoms with Gasteiger partial charge < -0.3 is 4.79 Å². The summed E-state index contributed by atoms with van der Waals surface area (Å²) in [5.74, 6) is 0.0580. The van der Waals surface area contributed by atoms with Gasteiger partial charge in [0.15, 0.2) is 5.78 Å². The lowest BCUT2D eigenvalue weighted by Gasteiger charge is -2.02. The summed E-state index contributed by atoms with van der Waals surface area (Å²) in [6, 6.07) is 11.5. The van der Waals surface area contributed by atoms with Crippen molar-refractivity contribution in [3.8, 4) is 0 Å². The average molecular weight is 212 g/mol. The molecule has 0 aliphatic carbocycles. The Kier molecular flexibility index (Phi) is 2.82. The highest BCUT2D eigenvalue weighted by Crippen LogP contribution is 2.18. The predicted octanol–water partition coefficient (Wildman–Crippen LogP) is 2.78. The molecule has 0 aliphatic heterocycles. The number of Topliss-reactive ketones (excluding diaryl/α,β-unsaturated/α-hetero) is 1. The summed E-state index contributed by atoms with van der Waals surface area (Å²) < 4.78 is 0. The van der Waals surface area contributed by atoms with Gasteiger partial charge in [0.1, 0.15) is 6.29 Å². The van der Waals surface area contributed by atoms with E-state index in [1.165, 1.54) is 0 Å². The van der Waals surface area contributed by atoms with Crippen LogP contribution in [0.25, 0.3) is 10.8 Å². The van der Waals surface area contributed by atoms with Crippen LogP contribution in [0.2, 0.25) is 0 Å². The summed E-state index contributed by atoms with van der Waals surface area (Å²) in [6.07, 6.45) is 1.30. The van der Waals surface area contributed by atoms with Crippen molar-refractivity contribution in [3.63, 3.8) is 0 Å². The molecule has 2 aromatic carbocycles. The number of rotatable bonds is 3. The van der Waals surface area contributed by atoms with Crippen molar-refractivity contribution in [2.24, 2.45) is 0 Å². The smallest absolute Gasteiger partial charge is 0.159 e. The lowest BCUT2D eigenvalue weighted by molar-refractivity contribution is -0.107. The van der Waals surface area contributed by atoms with Crippen LogP contribution in [0.4, 0.5) is 0 Å². The first-order valence-electron chi connectivity index (χ1n) is 5.18. The number of hydrogen-bond acceptors (Lipinski definition) is 2. The standard InChI is InChI=1S/C14H12O2/c1-10(16)13-5-4-12-3-2-11(6-7-15)8-14(12)9-13/h2-5,7-9H,6H2,1H3. The molecule has 0 aromatic heterocycles. The van der Waals surface area contributed by atoms with Crippen molar-refractivity contribution >= 4 is 22.8 Å². The summed E-state index contributed by atoms with van der Waals surface area (Å²) in [7, 11) is 0. The van der Waals surface area contributed by atoms with Crippen LogP contribution in [0, 0.1) is 0 Å². The van der Waals surface area contributed by atoms with E-state index in [1.807, 2.05) is 36.4 Å². The molecule has 0 bridgehead atoms. The van der Waals surface area contributed by atoms with Crippen molar-refractivity contribution in [1.82, 2.24) is 0 Å². The van der Waals surface area contributed by atoms with Crippen molar-refractivity contribution < 1.29 is 9.59 Å². The van der Waals surface area contributed by atoms with Gasteiger partial charge in [-0.25, -0.2) is 0 Å². The molecule has 0 fully saturated rings. The fourth-order valence-corrected chi connectivity index (χ4v) is 1.74. The quantitative estimate of drug-likeness (QED) is 0.579. The summed E-state index contributed by atoms with van der Waals surface area (Å²) in [5.41, 5.74) is 1.68. The van der Waals surface area contributed by atoms with Gasteiger partial charge in [0.05, 0.1) is 0 Å². The van der Waals surface area contributed by atoms with Crippen molar-refractivity contribution in [2.75, 3.05) is 0 Å². The van der Waals surface area contributed by atoms with E-state index in [0.717, 1.165) is 22.6 Å². The topological polar surface area (TPSA) is 34.1 Å². The summed E-state index contributed by atoms with van der Waals surface area (Å²) in [6.45, 7) is 1.55. The van der Waals surface area contributed by atoms with Gasteiger partial charge in [-0.2, -0.15) is 0 Å². The van der Waals surface area contributed by atoms with Gasteiger partial charge in [-0.3, -0.25) is 4.79 Å². The molecular weight excluding hydrogens is 200 g/mol. The summed E-state index contributed by atoms with van der Waals surface area (Å²) in [4.78, 5) is 21.7. The molecule has 2 heteroatoms. The molecule has 0 saturated carbocycles. The monoisotopic (exact) mass is 212 g/mol. The number of aldehydes is 1. The Morgan fingerprint density at radius 3 is 2.56 bits per heavy atom. The van der Waals surface area contributed by atoms with E-state index >= 15 is 0 Å². The lowest BCUT2D eigenvalue weighted by Crippen LogP contribution is -1.92. The molecule has 0 aliphatic rings. The second-order valence-corrected chi connectivity index (χ2v) is 3.82. The number of hydrogen-bond donors (Lipinski definition) is 0. The molecule has 0 saturated heterocycles. The van der Waals surface area contributed by atoms with Gasteiger partial charge in [-0.15, -0.1) is 0 Å². The number of fused-ring (bicyclic) bond motifs is 1. The highest BCUT2D eigenvalue weighted by atomic mass is 16.1. The van der Waals surface area contributed by atoms with Gasteiger partial charge in [0.2, 0.25) is 0 Å². The van der Waals surface area contributed by atoms with E-state index in [9.17, 15) is 9.59 Å². The fourth-order valence-electron chi connectivity index (χ4n) is 1.74. The van der Waals surface area contributed by atoms with E-state index in [0.29, 0.717) is 12.0 Å². The van der Waals surface area contributed by atoms with Crippen LogP contribution in [0.15, 0.2) is 36.4 Å². The SMILES string of the molecule is CC(=O)c1ccc2ccc(CC=O)cc2c1. The Labute approximate surface area is 93.9 Å². The highest BCUT2D eigenvalue weighted by molar-refractivity contribution is 5.98. The minimum atomic E-state index is 0.0580. The third-order valence-electron chi connectivity index (χ3n) is 2.63. The molecule has 2 rings (SSSR count). The maximum Gasteiger partial charge on any atom is 0.159 e. The Bertz CT molecular complexity index is 556. The third-order valence-corrected chi connectivity index (χ3v) is 2.63. The predicted molar refractivity (Wildman–Crippen MR) is 63.7 cm³/mol. The molecule has 0 atom stereocenters. The minimum Gasteiger partial charge on any atom is -0.303 e. The van der Waals surface area contributed by atoms with Crippen LogP contribution in [-0.4, -0.2) is 12.1 Å². The molecule has 0 radical (unpaired) electrons. The van der Waals surface area contributed by atoms with Gasteiger partial charge in [0.25, 0.3) is 0 Å². The van der Waals surface area contributed by atoms with E-state index < -0.39 is 0 Å². The first kappa shape index (κ1) is 10.6. The zero-order chi connectivity index (χ0) is 11.5. The van der Waals surface area contributed by atoms with Crippen molar-refractivity contribution in [2.45, 2.75) is 13.3 Å². The van der Waals surface area contributed by atoms with E-state index in [1.54, 1.807) is 6.92 Å². The van der Waals surface area contributed by atoms with Gasteiger partial charge in [-0.1, -0.05) is 30.3 Å². The summed E-state index contributed by atoms with van der Waals surface area (Å²) >= 11 is 0. The average Bonchev–Trinajstić information content (AvgIpc) is 2.28. The molecule has 0 heterocycles. The number of benzene rings is 2. The van der Waals surface area contributed by atoms with Crippen LogP contribution in [0.5, 0.6) is 0 Å². The Hall–Kier alpha value is -1.96. The normalized spacial score (nSPS) is 10.3. The van der Waals surface area contributed by atoms with Gasteiger partial charge in [-0.05, 0) is 29.3 Å². The van der Waals surface area contributed by atoms with E-state index in [4.69, 9.17) is 0 Å². The molecule has 0 N–H and O–H groups in total. The largest absolute Gasteiger partial charge is 0.303 e. The third kappa shape index (κ3) is 2.01. The first-order chi connectivity index (χ1) is 7.70. The summed E-state index contributed by atoms with van der Waals surface area (Å²) in [5, 5.41) is 2.09. The Balaban J connectivity index is 2.56.